The summed E-state index contributed by atoms with van der Waals surface area (Å²) in [6.07, 6.45) is 0.461. The zero-order valence-corrected chi connectivity index (χ0v) is 11.6. The summed E-state index contributed by atoms with van der Waals surface area (Å²) in [6.45, 7) is 1.79. The van der Waals surface area contributed by atoms with E-state index in [4.69, 9.17) is 0 Å². The van der Waals surface area contributed by atoms with Gasteiger partial charge in [-0.2, -0.15) is 0 Å². The third-order valence-electron chi connectivity index (χ3n) is 3.59. The Labute approximate surface area is 122 Å². The maximum Gasteiger partial charge on any atom is 0.294 e. The van der Waals surface area contributed by atoms with Crippen molar-refractivity contribution in [3.8, 4) is 0 Å². The lowest BCUT2D eigenvalue weighted by Crippen LogP contribution is -2.03. The molecule has 0 amide bonds. The van der Waals surface area contributed by atoms with Crippen molar-refractivity contribution < 1.29 is 4.92 Å². The molecule has 21 heavy (non-hydrogen) atoms. The summed E-state index contributed by atoms with van der Waals surface area (Å²) < 4.78 is 0. The number of benzene rings is 2. The molecule has 1 heterocycles. The maximum absolute atomic E-state index is 11.4. The number of hydrogen-bond donors (Lipinski definition) is 0. The Kier molecular flexibility index (Phi) is 3.36. The molecule has 0 atom stereocenters. The molecule has 0 saturated carbocycles. The number of aromatic nitrogens is 1. The summed E-state index contributed by atoms with van der Waals surface area (Å²) in [5.41, 5.74) is 3.13. The quantitative estimate of drug-likeness (QED) is 0.536. The van der Waals surface area contributed by atoms with E-state index in [0.717, 1.165) is 16.5 Å². The molecule has 0 bridgehead atoms. The van der Waals surface area contributed by atoms with Crippen LogP contribution in [0.2, 0.25) is 0 Å². The number of rotatable bonds is 3. The van der Waals surface area contributed by atoms with Crippen LogP contribution in [-0.4, -0.2) is 9.91 Å². The summed E-state index contributed by atoms with van der Waals surface area (Å²) in [7, 11) is 0. The average Bonchev–Trinajstić information content (AvgIpc) is 2.48. The Hall–Kier alpha value is -2.75. The molecule has 1 aromatic heterocycles. The van der Waals surface area contributed by atoms with E-state index in [-0.39, 0.29) is 10.6 Å². The Balaban J connectivity index is 2.20. The van der Waals surface area contributed by atoms with Gasteiger partial charge >= 0.3 is 0 Å². The van der Waals surface area contributed by atoms with Gasteiger partial charge in [-0.25, -0.2) is 4.98 Å². The maximum atomic E-state index is 11.4. The molecule has 4 heteroatoms. The molecule has 0 radical (unpaired) electrons. The molecule has 0 unspecified atom stereocenters. The van der Waals surface area contributed by atoms with Crippen molar-refractivity contribution in [1.29, 1.82) is 0 Å². The Bertz CT molecular complexity index is 814. The van der Waals surface area contributed by atoms with E-state index >= 15 is 0 Å². The first-order valence-electron chi connectivity index (χ1n) is 6.73. The van der Waals surface area contributed by atoms with E-state index in [9.17, 15) is 10.1 Å². The van der Waals surface area contributed by atoms with Crippen LogP contribution in [-0.2, 0) is 6.42 Å². The average molecular weight is 278 g/mol. The Morgan fingerprint density at radius 1 is 1.05 bits per heavy atom. The molecule has 0 N–H and O–H groups in total. The van der Waals surface area contributed by atoms with Gasteiger partial charge in [0.25, 0.3) is 5.69 Å². The first-order valence-corrected chi connectivity index (χ1v) is 6.73. The minimum absolute atomic E-state index is 0.123. The van der Waals surface area contributed by atoms with Gasteiger partial charge in [-0.3, -0.25) is 10.1 Å². The lowest BCUT2D eigenvalue weighted by atomic mass is 10.0. The lowest BCUT2D eigenvalue weighted by Gasteiger charge is -2.08. The van der Waals surface area contributed by atoms with Crippen molar-refractivity contribution >= 4 is 16.6 Å². The summed E-state index contributed by atoms with van der Waals surface area (Å²) in [4.78, 5) is 15.6. The van der Waals surface area contributed by atoms with Crippen LogP contribution >= 0.6 is 0 Å². The molecule has 104 valence electrons. The molecular formula is C17H14N2O2. The van der Waals surface area contributed by atoms with Gasteiger partial charge < -0.3 is 0 Å². The minimum Gasteiger partial charge on any atom is -0.258 e. The summed E-state index contributed by atoms with van der Waals surface area (Å²) in [5, 5.41) is 12.3. The normalized spacial score (nSPS) is 10.7. The van der Waals surface area contributed by atoms with E-state index < -0.39 is 0 Å². The van der Waals surface area contributed by atoms with Gasteiger partial charge in [0.05, 0.1) is 10.4 Å². The molecule has 3 aromatic rings. The number of pyridine rings is 1. The van der Waals surface area contributed by atoms with Crippen LogP contribution in [0.25, 0.3) is 10.9 Å². The third kappa shape index (κ3) is 2.48. The number of fused-ring (bicyclic) bond motifs is 1. The minimum atomic E-state index is -0.326. The van der Waals surface area contributed by atoms with Crippen molar-refractivity contribution in [2.45, 2.75) is 13.3 Å². The van der Waals surface area contributed by atoms with Gasteiger partial charge in [-0.1, -0.05) is 48.5 Å². The molecule has 4 nitrogen and oxygen atoms in total. The first kappa shape index (κ1) is 13.2. The van der Waals surface area contributed by atoms with E-state index in [1.54, 1.807) is 6.92 Å². The van der Waals surface area contributed by atoms with Crippen LogP contribution in [0, 0.1) is 17.0 Å². The van der Waals surface area contributed by atoms with Crippen LogP contribution in [0.5, 0.6) is 0 Å². The van der Waals surface area contributed by atoms with Crippen molar-refractivity contribution in [2.24, 2.45) is 0 Å². The fourth-order valence-corrected chi connectivity index (χ4v) is 2.59. The SMILES string of the molecule is Cc1c([N+](=O)[O-])c(Cc2ccccc2)nc2ccccc12. The van der Waals surface area contributed by atoms with Crippen molar-refractivity contribution in [2.75, 3.05) is 0 Å². The third-order valence-corrected chi connectivity index (χ3v) is 3.59. The van der Waals surface area contributed by atoms with Crippen LogP contribution in [0.3, 0.4) is 0 Å². The second-order valence-electron chi connectivity index (χ2n) is 4.97. The van der Waals surface area contributed by atoms with Crippen molar-refractivity contribution in [3.05, 3.63) is 81.5 Å². The molecule has 0 fully saturated rings. The number of aryl methyl sites for hydroxylation is 1. The van der Waals surface area contributed by atoms with Gasteiger partial charge in [0.15, 0.2) is 0 Å². The monoisotopic (exact) mass is 278 g/mol. The highest BCUT2D eigenvalue weighted by atomic mass is 16.6. The molecule has 3 rings (SSSR count). The second-order valence-corrected chi connectivity index (χ2v) is 4.97. The Morgan fingerprint density at radius 2 is 1.71 bits per heavy atom. The highest BCUT2D eigenvalue weighted by molar-refractivity contribution is 5.85. The molecule has 0 aliphatic heterocycles. The predicted molar refractivity (Wildman–Crippen MR) is 82.4 cm³/mol. The smallest absolute Gasteiger partial charge is 0.258 e. The van der Waals surface area contributed by atoms with Gasteiger partial charge in [0.2, 0.25) is 0 Å². The van der Waals surface area contributed by atoms with Crippen LogP contribution in [0.1, 0.15) is 16.8 Å². The zero-order valence-electron chi connectivity index (χ0n) is 11.6. The van der Waals surface area contributed by atoms with Gasteiger partial charge in [-0.15, -0.1) is 0 Å². The molecule has 2 aromatic carbocycles. The van der Waals surface area contributed by atoms with Crippen LogP contribution < -0.4 is 0 Å². The van der Waals surface area contributed by atoms with E-state index in [1.165, 1.54) is 0 Å². The predicted octanol–water partition coefficient (Wildman–Crippen LogP) is 4.04. The lowest BCUT2D eigenvalue weighted by molar-refractivity contribution is -0.386. The van der Waals surface area contributed by atoms with Gasteiger partial charge in [0, 0.05) is 17.4 Å². The standard InChI is InChI=1S/C17H14N2O2/c1-12-14-9-5-6-10-15(14)18-16(17(12)19(20)21)11-13-7-3-2-4-8-13/h2-10H,11H2,1H3. The van der Waals surface area contributed by atoms with E-state index in [2.05, 4.69) is 4.98 Å². The fourth-order valence-electron chi connectivity index (χ4n) is 2.59. The molecular weight excluding hydrogens is 264 g/mol. The van der Waals surface area contributed by atoms with Crippen LogP contribution in [0.4, 0.5) is 5.69 Å². The molecule has 0 spiro atoms. The second kappa shape index (κ2) is 5.32. The number of nitrogens with zero attached hydrogens (tertiary/aromatic N) is 2. The number of para-hydroxylation sites is 1. The summed E-state index contributed by atoms with van der Waals surface area (Å²) in [5.74, 6) is 0. The summed E-state index contributed by atoms with van der Waals surface area (Å²) in [6, 6.07) is 17.2. The van der Waals surface area contributed by atoms with Gasteiger partial charge in [-0.05, 0) is 18.6 Å². The zero-order chi connectivity index (χ0) is 14.8. The number of hydrogen-bond acceptors (Lipinski definition) is 3. The largest absolute Gasteiger partial charge is 0.294 e. The van der Waals surface area contributed by atoms with Crippen molar-refractivity contribution in [3.63, 3.8) is 0 Å². The molecule has 0 aliphatic carbocycles. The van der Waals surface area contributed by atoms with E-state index in [1.807, 2.05) is 54.6 Å². The Morgan fingerprint density at radius 3 is 2.43 bits per heavy atom. The molecule has 0 aliphatic rings. The van der Waals surface area contributed by atoms with Crippen molar-refractivity contribution in [1.82, 2.24) is 4.98 Å². The topological polar surface area (TPSA) is 56.0 Å². The highest BCUT2D eigenvalue weighted by Crippen LogP contribution is 2.30. The van der Waals surface area contributed by atoms with Gasteiger partial charge in [0.1, 0.15) is 5.69 Å². The first-order chi connectivity index (χ1) is 10.2. The van der Waals surface area contributed by atoms with E-state index in [0.29, 0.717) is 17.7 Å². The fraction of sp³-hybridized carbons (Fsp3) is 0.118. The highest BCUT2D eigenvalue weighted by Gasteiger charge is 2.21. The van der Waals surface area contributed by atoms with Crippen LogP contribution in [0.15, 0.2) is 54.6 Å². The summed E-state index contributed by atoms with van der Waals surface area (Å²) >= 11 is 0. The molecule has 0 saturated heterocycles. The number of nitro groups is 1.